The van der Waals surface area contributed by atoms with Crippen molar-refractivity contribution in [2.45, 2.75) is 90.9 Å². The van der Waals surface area contributed by atoms with Gasteiger partial charge in [0.1, 0.15) is 0 Å². The van der Waals surface area contributed by atoms with Crippen LogP contribution < -0.4 is 5.32 Å². The highest BCUT2D eigenvalue weighted by atomic mass is 32.1. The van der Waals surface area contributed by atoms with Gasteiger partial charge in [-0.2, -0.15) is 0 Å². The fourth-order valence-electron chi connectivity index (χ4n) is 4.22. The molecule has 34 heavy (non-hydrogen) atoms. The lowest BCUT2D eigenvalue weighted by molar-refractivity contribution is -0.135. The van der Waals surface area contributed by atoms with Crippen molar-refractivity contribution in [3.05, 3.63) is 11.1 Å². The number of rotatable bonds is 18. The highest BCUT2D eigenvalue weighted by Gasteiger charge is 2.19. The van der Waals surface area contributed by atoms with E-state index in [4.69, 9.17) is 4.74 Å². The summed E-state index contributed by atoms with van der Waals surface area (Å²) < 4.78 is 5.42. The van der Waals surface area contributed by atoms with Crippen LogP contribution in [0.15, 0.2) is 5.38 Å². The Morgan fingerprint density at radius 3 is 2.24 bits per heavy atom. The van der Waals surface area contributed by atoms with E-state index in [1.165, 1.54) is 69.1 Å². The van der Waals surface area contributed by atoms with E-state index in [0.717, 1.165) is 51.4 Å². The Morgan fingerprint density at radius 1 is 1.03 bits per heavy atom. The number of nitrogens with zero attached hydrogens (tertiary/aromatic N) is 3. The van der Waals surface area contributed by atoms with Crippen LogP contribution in [0.5, 0.6) is 0 Å². The Labute approximate surface area is 210 Å². The lowest BCUT2D eigenvalue weighted by Gasteiger charge is -2.30. The molecule has 1 aliphatic heterocycles. The largest absolute Gasteiger partial charge is 0.379 e. The van der Waals surface area contributed by atoms with Crippen LogP contribution in [0.2, 0.25) is 0 Å². The molecule has 1 aromatic heterocycles. The maximum absolute atomic E-state index is 13.0. The molecule has 0 radical (unpaired) electrons. The van der Waals surface area contributed by atoms with Crippen LogP contribution in [-0.4, -0.2) is 72.5 Å². The summed E-state index contributed by atoms with van der Waals surface area (Å²) in [6.07, 6.45) is 14.4. The quantitative estimate of drug-likeness (QED) is 0.282. The van der Waals surface area contributed by atoms with Crippen molar-refractivity contribution < 1.29 is 14.3 Å². The number of carbonyl (C=O) groups excluding carboxylic acids is 2. The predicted molar refractivity (Wildman–Crippen MR) is 140 cm³/mol. The third-order valence-corrected chi connectivity index (χ3v) is 7.21. The molecular weight excluding hydrogens is 448 g/mol. The van der Waals surface area contributed by atoms with Crippen molar-refractivity contribution in [3.8, 4) is 0 Å². The van der Waals surface area contributed by atoms with Gasteiger partial charge in [0, 0.05) is 38.0 Å². The zero-order valence-corrected chi connectivity index (χ0v) is 22.3. The maximum Gasteiger partial charge on any atom is 0.245 e. The number of ether oxygens (including phenoxy) is 1. The number of amides is 2. The van der Waals surface area contributed by atoms with E-state index < -0.39 is 0 Å². The number of thiazole rings is 1. The first-order valence-electron chi connectivity index (χ1n) is 13.4. The first-order valence-corrected chi connectivity index (χ1v) is 14.3. The number of unbranched alkanes of at least 4 members (excludes halogenated alkanes) is 10. The van der Waals surface area contributed by atoms with Gasteiger partial charge in [-0.05, 0) is 13.3 Å². The van der Waals surface area contributed by atoms with Gasteiger partial charge in [0.05, 0.1) is 25.5 Å². The molecular formula is C26H46N4O3S. The molecule has 1 aromatic rings. The van der Waals surface area contributed by atoms with E-state index in [0.29, 0.717) is 18.1 Å². The second-order valence-corrected chi connectivity index (χ2v) is 10.3. The van der Waals surface area contributed by atoms with Crippen LogP contribution in [0.25, 0.3) is 0 Å². The van der Waals surface area contributed by atoms with Crippen LogP contribution in [0.4, 0.5) is 5.13 Å². The zero-order valence-electron chi connectivity index (χ0n) is 21.5. The van der Waals surface area contributed by atoms with Crippen LogP contribution in [0.1, 0.15) is 89.7 Å². The molecule has 0 spiro atoms. The third-order valence-electron chi connectivity index (χ3n) is 6.34. The molecule has 2 amide bonds. The highest BCUT2D eigenvalue weighted by molar-refractivity contribution is 7.13. The fraction of sp³-hybridized carbons (Fsp3) is 0.808. The fourth-order valence-corrected chi connectivity index (χ4v) is 4.93. The Hall–Kier alpha value is -1.51. The number of anilines is 1. The maximum atomic E-state index is 13.0. The molecule has 7 nitrogen and oxygen atoms in total. The average Bonchev–Trinajstić information content (AvgIpc) is 3.24. The number of nitrogens with one attached hydrogen (secondary N) is 1. The molecule has 1 N–H and O–H groups in total. The van der Waals surface area contributed by atoms with Gasteiger partial charge >= 0.3 is 0 Å². The third kappa shape index (κ3) is 12.8. The SMILES string of the molecule is CCCCCCCCCCCCCC(=O)N(CCN1CCOCC1)CC(=O)Nc1nc(C)cs1. The molecule has 0 aliphatic carbocycles. The molecule has 1 aliphatic rings. The van der Waals surface area contributed by atoms with E-state index in [1.807, 2.05) is 12.3 Å². The summed E-state index contributed by atoms with van der Waals surface area (Å²) in [5.74, 6) is -0.0988. The van der Waals surface area contributed by atoms with Crippen LogP contribution >= 0.6 is 11.3 Å². The molecule has 1 fully saturated rings. The summed E-state index contributed by atoms with van der Waals surface area (Å²) in [6, 6.07) is 0. The van der Waals surface area contributed by atoms with Gasteiger partial charge in [0.15, 0.2) is 5.13 Å². The molecule has 0 saturated carbocycles. The Kier molecular flexibility index (Phi) is 15.1. The number of aromatic nitrogens is 1. The van der Waals surface area contributed by atoms with Crippen molar-refractivity contribution >= 4 is 28.3 Å². The Bertz CT molecular complexity index is 691. The van der Waals surface area contributed by atoms with Gasteiger partial charge in [-0.25, -0.2) is 4.98 Å². The Balaban J connectivity index is 1.67. The minimum atomic E-state index is -0.177. The summed E-state index contributed by atoms with van der Waals surface area (Å²) >= 11 is 1.41. The van der Waals surface area contributed by atoms with Crippen molar-refractivity contribution in [2.75, 3.05) is 51.3 Å². The molecule has 0 bridgehead atoms. The first-order chi connectivity index (χ1) is 16.6. The van der Waals surface area contributed by atoms with E-state index >= 15 is 0 Å². The number of aryl methyl sites for hydroxylation is 1. The molecule has 0 atom stereocenters. The summed E-state index contributed by atoms with van der Waals surface area (Å²) in [7, 11) is 0. The van der Waals surface area contributed by atoms with Crippen molar-refractivity contribution in [1.29, 1.82) is 0 Å². The summed E-state index contributed by atoms with van der Waals surface area (Å²) in [6.45, 7) is 8.81. The number of morpholine rings is 1. The molecule has 8 heteroatoms. The summed E-state index contributed by atoms with van der Waals surface area (Å²) in [4.78, 5) is 33.8. The topological polar surface area (TPSA) is 74.8 Å². The highest BCUT2D eigenvalue weighted by Crippen LogP contribution is 2.15. The molecule has 0 unspecified atom stereocenters. The minimum Gasteiger partial charge on any atom is -0.379 e. The zero-order chi connectivity index (χ0) is 24.4. The molecule has 194 valence electrons. The molecule has 1 saturated heterocycles. The smallest absolute Gasteiger partial charge is 0.245 e. The monoisotopic (exact) mass is 494 g/mol. The van der Waals surface area contributed by atoms with Crippen LogP contribution in [0, 0.1) is 6.92 Å². The molecule has 0 aromatic carbocycles. The van der Waals surface area contributed by atoms with Crippen LogP contribution in [-0.2, 0) is 14.3 Å². The molecule has 2 heterocycles. The minimum absolute atomic E-state index is 0.0784. The van der Waals surface area contributed by atoms with E-state index in [2.05, 4.69) is 22.1 Å². The van der Waals surface area contributed by atoms with Gasteiger partial charge in [0.25, 0.3) is 0 Å². The van der Waals surface area contributed by atoms with E-state index in [9.17, 15) is 9.59 Å². The van der Waals surface area contributed by atoms with Crippen LogP contribution in [0.3, 0.4) is 0 Å². The van der Waals surface area contributed by atoms with Crippen molar-refractivity contribution in [3.63, 3.8) is 0 Å². The second-order valence-electron chi connectivity index (χ2n) is 9.40. The standard InChI is InChI=1S/C26H46N4O3S/c1-3-4-5-6-7-8-9-10-11-12-13-14-25(32)30(16-15-29-17-19-33-20-18-29)21-24(31)28-26-27-23(2)22-34-26/h22H,3-21H2,1-2H3,(H,27,28,31). The Morgan fingerprint density at radius 2 is 1.65 bits per heavy atom. The van der Waals surface area contributed by atoms with E-state index in [-0.39, 0.29) is 18.4 Å². The van der Waals surface area contributed by atoms with Crippen molar-refractivity contribution in [2.24, 2.45) is 0 Å². The van der Waals surface area contributed by atoms with Crippen molar-refractivity contribution in [1.82, 2.24) is 14.8 Å². The summed E-state index contributed by atoms with van der Waals surface area (Å²) in [5.41, 5.74) is 0.886. The van der Waals surface area contributed by atoms with E-state index in [1.54, 1.807) is 4.90 Å². The predicted octanol–water partition coefficient (Wildman–Crippen LogP) is 5.25. The molecule has 2 rings (SSSR count). The number of hydrogen-bond acceptors (Lipinski definition) is 6. The number of carbonyl (C=O) groups is 2. The van der Waals surface area contributed by atoms with Gasteiger partial charge in [-0.15, -0.1) is 11.3 Å². The lowest BCUT2D eigenvalue weighted by atomic mass is 10.1. The first kappa shape index (κ1) is 28.7. The second kappa shape index (κ2) is 17.9. The number of hydrogen-bond donors (Lipinski definition) is 1. The van der Waals surface area contributed by atoms with Gasteiger partial charge in [-0.1, -0.05) is 71.1 Å². The average molecular weight is 495 g/mol. The normalized spacial score (nSPS) is 14.3. The van der Waals surface area contributed by atoms with Gasteiger partial charge in [0.2, 0.25) is 11.8 Å². The summed E-state index contributed by atoms with van der Waals surface area (Å²) in [5, 5.41) is 5.34. The lowest BCUT2D eigenvalue weighted by Crippen LogP contribution is -2.45. The van der Waals surface area contributed by atoms with Gasteiger partial charge in [-0.3, -0.25) is 14.5 Å². The van der Waals surface area contributed by atoms with Gasteiger partial charge < -0.3 is 15.0 Å².